The summed E-state index contributed by atoms with van der Waals surface area (Å²) >= 11 is 11.9. The molecule has 1 amide bonds. The molecular weight excluding hydrogens is 337 g/mol. The summed E-state index contributed by atoms with van der Waals surface area (Å²) in [4.78, 5) is 16.4. The van der Waals surface area contributed by atoms with Gasteiger partial charge in [-0.1, -0.05) is 29.3 Å². The second-order valence-corrected chi connectivity index (χ2v) is 5.71. The molecule has 2 aromatic heterocycles. The molecule has 0 unspecified atom stereocenters. The van der Waals surface area contributed by atoms with Crippen molar-refractivity contribution in [2.24, 2.45) is 0 Å². The SMILES string of the molecule is Cc1cn2cccc(OCC(=O)Nc3cccc(Cl)c3Cl)c2n1. The smallest absolute Gasteiger partial charge is 0.262 e. The number of halogens is 2. The molecule has 0 saturated carbocycles. The van der Waals surface area contributed by atoms with Gasteiger partial charge < -0.3 is 14.5 Å². The molecule has 0 atom stereocenters. The highest BCUT2D eigenvalue weighted by atomic mass is 35.5. The van der Waals surface area contributed by atoms with Crippen molar-refractivity contribution in [1.82, 2.24) is 9.38 Å². The van der Waals surface area contributed by atoms with Gasteiger partial charge in [0.2, 0.25) is 0 Å². The second-order valence-electron chi connectivity index (χ2n) is 4.92. The summed E-state index contributed by atoms with van der Waals surface area (Å²) in [5, 5.41) is 3.34. The molecule has 0 aliphatic rings. The molecule has 0 aliphatic heterocycles. The van der Waals surface area contributed by atoms with Gasteiger partial charge in [0.05, 0.1) is 21.4 Å². The quantitative estimate of drug-likeness (QED) is 0.775. The Hall–Kier alpha value is -2.24. The molecule has 0 fully saturated rings. The normalized spacial score (nSPS) is 10.7. The highest BCUT2D eigenvalue weighted by Gasteiger charge is 2.11. The number of aromatic nitrogens is 2. The van der Waals surface area contributed by atoms with E-state index in [1.807, 2.05) is 29.8 Å². The highest BCUT2D eigenvalue weighted by molar-refractivity contribution is 6.43. The molecule has 23 heavy (non-hydrogen) atoms. The summed E-state index contributed by atoms with van der Waals surface area (Å²) in [6.07, 6.45) is 3.75. The standard InChI is InChI=1S/C16H13Cl2N3O2/c1-10-8-21-7-3-6-13(16(21)19-10)23-9-14(22)20-12-5-2-4-11(17)15(12)18/h2-8H,9H2,1H3,(H,20,22). The topological polar surface area (TPSA) is 55.6 Å². The van der Waals surface area contributed by atoms with E-state index in [0.717, 1.165) is 5.69 Å². The number of amides is 1. The van der Waals surface area contributed by atoms with Crippen LogP contribution < -0.4 is 10.1 Å². The van der Waals surface area contributed by atoms with Crippen molar-refractivity contribution in [3.63, 3.8) is 0 Å². The number of pyridine rings is 1. The molecular formula is C16H13Cl2N3O2. The molecule has 118 valence electrons. The van der Waals surface area contributed by atoms with E-state index < -0.39 is 0 Å². The van der Waals surface area contributed by atoms with Crippen molar-refractivity contribution in [2.45, 2.75) is 6.92 Å². The second kappa shape index (κ2) is 6.48. The number of ether oxygens (including phenoxy) is 1. The Labute approximate surface area is 142 Å². The van der Waals surface area contributed by atoms with Gasteiger partial charge in [-0.25, -0.2) is 4.98 Å². The minimum absolute atomic E-state index is 0.158. The summed E-state index contributed by atoms with van der Waals surface area (Å²) in [7, 11) is 0. The van der Waals surface area contributed by atoms with E-state index in [4.69, 9.17) is 27.9 Å². The number of nitrogens with one attached hydrogen (secondary N) is 1. The lowest BCUT2D eigenvalue weighted by molar-refractivity contribution is -0.118. The van der Waals surface area contributed by atoms with Crippen molar-refractivity contribution < 1.29 is 9.53 Å². The Kier molecular flexibility index (Phi) is 4.41. The van der Waals surface area contributed by atoms with Crippen LogP contribution in [0.5, 0.6) is 5.75 Å². The molecule has 1 N–H and O–H groups in total. The highest BCUT2D eigenvalue weighted by Crippen LogP contribution is 2.29. The number of nitrogens with zero attached hydrogens (tertiary/aromatic N) is 2. The number of carbonyl (C=O) groups is 1. The fraction of sp³-hybridized carbons (Fsp3) is 0.125. The summed E-state index contributed by atoms with van der Waals surface area (Å²) in [6, 6.07) is 8.62. The lowest BCUT2D eigenvalue weighted by atomic mass is 10.3. The molecule has 1 aromatic carbocycles. The average molecular weight is 350 g/mol. The van der Waals surface area contributed by atoms with E-state index in [2.05, 4.69) is 10.3 Å². The predicted octanol–water partition coefficient (Wildman–Crippen LogP) is 3.97. The third kappa shape index (κ3) is 3.41. The van der Waals surface area contributed by atoms with E-state index >= 15 is 0 Å². The van der Waals surface area contributed by atoms with Crippen molar-refractivity contribution in [1.29, 1.82) is 0 Å². The van der Waals surface area contributed by atoms with Crippen LogP contribution in [0, 0.1) is 6.92 Å². The van der Waals surface area contributed by atoms with E-state index in [1.165, 1.54) is 0 Å². The number of carbonyl (C=O) groups excluding carboxylic acids is 1. The Morgan fingerprint density at radius 2 is 2.13 bits per heavy atom. The maximum Gasteiger partial charge on any atom is 0.262 e. The van der Waals surface area contributed by atoms with Gasteiger partial charge in [0.25, 0.3) is 5.91 Å². The summed E-state index contributed by atoms with van der Waals surface area (Å²) < 4.78 is 7.41. The first-order chi connectivity index (χ1) is 11.0. The van der Waals surface area contributed by atoms with E-state index in [1.54, 1.807) is 24.3 Å². The average Bonchev–Trinajstić information content (AvgIpc) is 2.90. The van der Waals surface area contributed by atoms with Crippen molar-refractivity contribution >= 4 is 40.4 Å². The first-order valence-electron chi connectivity index (χ1n) is 6.85. The monoisotopic (exact) mass is 349 g/mol. The fourth-order valence-corrected chi connectivity index (χ4v) is 2.50. The summed E-state index contributed by atoms with van der Waals surface area (Å²) in [6.45, 7) is 1.74. The molecule has 0 saturated heterocycles. The first kappa shape index (κ1) is 15.6. The number of imidazole rings is 1. The van der Waals surface area contributed by atoms with Gasteiger partial charge in [0, 0.05) is 12.4 Å². The largest absolute Gasteiger partial charge is 0.480 e. The van der Waals surface area contributed by atoms with E-state index in [0.29, 0.717) is 27.1 Å². The third-order valence-corrected chi connectivity index (χ3v) is 3.97. The Morgan fingerprint density at radius 1 is 1.30 bits per heavy atom. The van der Waals surface area contributed by atoms with Gasteiger partial charge in [-0.05, 0) is 31.2 Å². The van der Waals surface area contributed by atoms with Crippen LogP contribution in [0.2, 0.25) is 10.0 Å². The minimum atomic E-state index is -0.334. The molecule has 0 bridgehead atoms. The van der Waals surface area contributed by atoms with E-state index in [-0.39, 0.29) is 12.5 Å². The molecule has 3 aromatic rings. The van der Waals surface area contributed by atoms with E-state index in [9.17, 15) is 4.79 Å². The minimum Gasteiger partial charge on any atom is -0.480 e. The number of benzene rings is 1. The van der Waals surface area contributed by atoms with Crippen LogP contribution in [0.25, 0.3) is 5.65 Å². The van der Waals surface area contributed by atoms with Crippen LogP contribution >= 0.6 is 23.2 Å². The molecule has 0 spiro atoms. The molecule has 2 heterocycles. The van der Waals surface area contributed by atoms with Gasteiger partial charge in [0.1, 0.15) is 0 Å². The summed E-state index contributed by atoms with van der Waals surface area (Å²) in [5.74, 6) is 0.201. The van der Waals surface area contributed by atoms with Crippen molar-refractivity contribution in [3.8, 4) is 5.75 Å². The van der Waals surface area contributed by atoms with Gasteiger partial charge in [-0.15, -0.1) is 0 Å². The van der Waals surface area contributed by atoms with Crippen LogP contribution in [0.15, 0.2) is 42.7 Å². The zero-order valence-electron chi connectivity index (χ0n) is 12.2. The Bertz CT molecular complexity index is 877. The lowest BCUT2D eigenvalue weighted by Crippen LogP contribution is -2.20. The number of rotatable bonds is 4. The Morgan fingerprint density at radius 3 is 2.96 bits per heavy atom. The number of hydrogen-bond donors (Lipinski definition) is 1. The van der Waals surface area contributed by atoms with Crippen LogP contribution in [-0.2, 0) is 4.79 Å². The van der Waals surface area contributed by atoms with Crippen LogP contribution in [-0.4, -0.2) is 21.9 Å². The van der Waals surface area contributed by atoms with Gasteiger partial charge in [-0.2, -0.15) is 0 Å². The van der Waals surface area contributed by atoms with Crippen LogP contribution in [0.1, 0.15) is 5.69 Å². The fourth-order valence-electron chi connectivity index (χ4n) is 2.15. The molecule has 3 rings (SSSR count). The maximum atomic E-state index is 12.0. The predicted molar refractivity (Wildman–Crippen MR) is 90.5 cm³/mol. The molecule has 0 radical (unpaired) electrons. The van der Waals surface area contributed by atoms with Crippen molar-refractivity contribution in [2.75, 3.05) is 11.9 Å². The number of aryl methyl sites for hydroxylation is 1. The number of fused-ring (bicyclic) bond motifs is 1. The lowest BCUT2D eigenvalue weighted by Gasteiger charge is -2.10. The van der Waals surface area contributed by atoms with Gasteiger partial charge in [0.15, 0.2) is 18.0 Å². The Balaban J connectivity index is 1.70. The molecule has 0 aliphatic carbocycles. The van der Waals surface area contributed by atoms with Gasteiger partial charge >= 0.3 is 0 Å². The molecule has 5 nitrogen and oxygen atoms in total. The molecule has 7 heteroatoms. The zero-order chi connectivity index (χ0) is 16.4. The summed E-state index contributed by atoms with van der Waals surface area (Å²) in [5.41, 5.74) is 1.98. The number of hydrogen-bond acceptors (Lipinski definition) is 3. The van der Waals surface area contributed by atoms with Crippen molar-refractivity contribution in [3.05, 3.63) is 58.5 Å². The maximum absolute atomic E-state index is 12.0. The van der Waals surface area contributed by atoms with Crippen LogP contribution in [0.3, 0.4) is 0 Å². The third-order valence-electron chi connectivity index (χ3n) is 3.15. The zero-order valence-corrected chi connectivity index (χ0v) is 13.7. The van der Waals surface area contributed by atoms with Gasteiger partial charge in [-0.3, -0.25) is 4.79 Å². The van der Waals surface area contributed by atoms with Crippen LogP contribution in [0.4, 0.5) is 5.69 Å². The first-order valence-corrected chi connectivity index (χ1v) is 7.61. The number of anilines is 1.